The Bertz CT molecular complexity index is 1170. The average molecular weight is 378 g/mol. The molecule has 2 aromatic carbocycles. The largest absolute Gasteiger partial charge is 0.328 e. The van der Waals surface area contributed by atoms with Crippen molar-refractivity contribution < 1.29 is 13.7 Å². The van der Waals surface area contributed by atoms with Crippen molar-refractivity contribution in [2.75, 3.05) is 5.32 Å². The Morgan fingerprint density at radius 3 is 2.86 bits per heavy atom. The van der Waals surface area contributed by atoms with E-state index in [1.54, 1.807) is 12.1 Å². The minimum Gasteiger partial charge on any atom is -0.328 e. The Balaban J connectivity index is 1.54. The van der Waals surface area contributed by atoms with Gasteiger partial charge in [-0.1, -0.05) is 28.6 Å². The number of benzene rings is 2. The highest BCUT2D eigenvalue weighted by atomic mass is 19.1. The third-order valence-corrected chi connectivity index (χ3v) is 4.06. The lowest BCUT2D eigenvalue weighted by Crippen LogP contribution is -2.13. The Hall–Kier alpha value is -3.88. The van der Waals surface area contributed by atoms with Gasteiger partial charge < -0.3 is 9.84 Å². The predicted molar refractivity (Wildman–Crippen MR) is 98.5 cm³/mol. The summed E-state index contributed by atoms with van der Waals surface area (Å²) in [6.07, 6.45) is 1.52. The summed E-state index contributed by atoms with van der Waals surface area (Å²) in [7, 11) is 0. The molecule has 8 nitrogen and oxygen atoms in total. The molecule has 0 radical (unpaired) electrons. The number of aromatic nitrogens is 5. The van der Waals surface area contributed by atoms with Crippen molar-refractivity contribution in [2.45, 2.75) is 13.8 Å². The van der Waals surface area contributed by atoms with Crippen LogP contribution >= 0.6 is 0 Å². The van der Waals surface area contributed by atoms with Gasteiger partial charge in [-0.05, 0) is 49.2 Å². The van der Waals surface area contributed by atoms with E-state index in [1.165, 1.54) is 23.0 Å². The molecule has 1 N–H and O–H groups in total. The van der Waals surface area contributed by atoms with Crippen LogP contribution in [-0.2, 0) is 0 Å². The van der Waals surface area contributed by atoms with Crippen molar-refractivity contribution in [3.8, 4) is 17.2 Å². The van der Waals surface area contributed by atoms with Crippen LogP contribution in [0.25, 0.3) is 17.2 Å². The zero-order valence-corrected chi connectivity index (χ0v) is 15.0. The van der Waals surface area contributed by atoms with Crippen LogP contribution < -0.4 is 5.32 Å². The van der Waals surface area contributed by atoms with Crippen LogP contribution in [0.1, 0.15) is 21.8 Å². The van der Waals surface area contributed by atoms with E-state index in [9.17, 15) is 9.18 Å². The molecule has 28 heavy (non-hydrogen) atoms. The third-order valence-electron chi connectivity index (χ3n) is 4.06. The van der Waals surface area contributed by atoms with Gasteiger partial charge >= 0.3 is 11.8 Å². The fourth-order valence-corrected chi connectivity index (χ4v) is 2.58. The van der Waals surface area contributed by atoms with Crippen molar-refractivity contribution in [2.24, 2.45) is 0 Å². The summed E-state index contributed by atoms with van der Waals surface area (Å²) in [5.74, 6) is -1.01. The number of rotatable bonds is 4. The predicted octanol–water partition coefficient (Wildman–Crippen LogP) is 3.33. The second-order valence-corrected chi connectivity index (χ2v) is 6.22. The highest BCUT2D eigenvalue weighted by Crippen LogP contribution is 2.19. The van der Waals surface area contributed by atoms with Gasteiger partial charge in [-0.2, -0.15) is 4.98 Å². The first-order valence-electron chi connectivity index (χ1n) is 8.40. The molecule has 0 atom stereocenters. The van der Waals surface area contributed by atoms with Gasteiger partial charge in [0.1, 0.15) is 5.82 Å². The van der Waals surface area contributed by atoms with Crippen LogP contribution in [0.15, 0.2) is 53.2 Å². The molecule has 0 aliphatic heterocycles. The van der Waals surface area contributed by atoms with Gasteiger partial charge in [0.25, 0.3) is 0 Å². The molecule has 0 saturated carbocycles. The van der Waals surface area contributed by atoms with Crippen LogP contribution in [0.2, 0.25) is 0 Å². The molecule has 4 rings (SSSR count). The summed E-state index contributed by atoms with van der Waals surface area (Å²) in [4.78, 5) is 16.5. The molecule has 2 aromatic heterocycles. The lowest BCUT2D eigenvalue weighted by atomic mass is 10.1. The van der Waals surface area contributed by atoms with E-state index in [-0.39, 0.29) is 17.5 Å². The van der Waals surface area contributed by atoms with Gasteiger partial charge in [0.15, 0.2) is 5.69 Å². The third kappa shape index (κ3) is 3.50. The molecule has 0 saturated heterocycles. The van der Waals surface area contributed by atoms with E-state index < -0.39 is 5.91 Å². The van der Waals surface area contributed by atoms with Gasteiger partial charge in [-0.3, -0.25) is 4.79 Å². The Morgan fingerprint density at radius 1 is 1.18 bits per heavy atom. The van der Waals surface area contributed by atoms with Crippen LogP contribution in [-0.4, -0.2) is 31.0 Å². The number of carbonyl (C=O) groups is 1. The lowest BCUT2D eigenvalue weighted by molar-refractivity contribution is 0.0981. The Labute approximate surface area is 159 Å². The summed E-state index contributed by atoms with van der Waals surface area (Å²) in [6, 6.07) is 11.6. The summed E-state index contributed by atoms with van der Waals surface area (Å²) >= 11 is 0. The number of aryl methyl sites for hydroxylation is 2. The molecule has 0 aliphatic carbocycles. The van der Waals surface area contributed by atoms with E-state index in [0.717, 1.165) is 11.1 Å². The van der Waals surface area contributed by atoms with Gasteiger partial charge in [-0.15, -0.1) is 5.10 Å². The second kappa shape index (κ2) is 7.03. The molecule has 0 spiro atoms. The number of nitrogens with one attached hydrogen (secondary N) is 1. The first kappa shape index (κ1) is 17.5. The number of anilines is 1. The van der Waals surface area contributed by atoms with Crippen molar-refractivity contribution in [1.82, 2.24) is 25.1 Å². The van der Waals surface area contributed by atoms with Gasteiger partial charge in [0, 0.05) is 5.69 Å². The zero-order chi connectivity index (χ0) is 19.7. The smallest absolute Gasteiger partial charge is 0.316 e. The molecule has 140 valence electrons. The monoisotopic (exact) mass is 378 g/mol. The van der Waals surface area contributed by atoms with Crippen LogP contribution in [0.3, 0.4) is 0 Å². The second-order valence-electron chi connectivity index (χ2n) is 6.22. The number of nitrogens with zero attached hydrogens (tertiary/aromatic N) is 5. The standard InChI is InChI=1S/C19H15FN6O2/c1-11-6-7-12(2)15(8-11)21-18(27)19-22-17(24-28-19)16-10-26(25-23-16)14-5-3-4-13(20)9-14/h3-10H,1-2H3,(H,21,27). The van der Waals surface area contributed by atoms with E-state index in [0.29, 0.717) is 17.1 Å². The SMILES string of the molecule is Cc1ccc(C)c(NC(=O)c2nc(-c3cn(-c4cccc(F)c4)nn3)no2)c1. The normalized spacial score (nSPS) is 10.8. The first-order chi connectivity index (χ1) is 13.5. The summed E-state index contributed by atoms with van der Waals surface area (Å²) in [5, 5.41) is 14.4. The van der Waals surface area contributed by atoms with Gasteiger partial charge in [0.05, 0.1) is 11.9 Å². The minimum atomic E-state index is -0.523. The molecule has 0 bridgehead atoms. The lowest BCUT2D eigenvalue weighted by Gasteiger charge is -2.06. The van der Waals surface area contributed by atoms with Gasteiger partial charge in [0.2, 0.25) is 5.82 Å². The molecule has 2 heterocycles. The molecular weight excluding hydrogens is 363 g/mol. The van der Waals surface area contributed by atoms with Crippen LogP contribution in [0.5, 0.6) is 0 Å². The molecular formula is C19H15FN6O2. The van der Waals surface area contributed by atoms with Crippen LogP contribution in [0.4, 0.5) is 10.1 Å². The fraction of sp³-hybridized carbons (Fsp3) is 0.105. The molecule has 0 unspecified atom stereocenters. The number of halogens is 1. The van der Waals surface area contributed by atoms with E-state index in [2.05, 4.69) is 25.8 Å². The first-order valence-corrected chi connectivity index (χ1v) is 8.40. The molecule has 0 aliphatic rings. The maximum atomic E-state index is 13.4. The molecule has 0 fully saturated rings. The van der Waals surface area contributed by atoms with E-state index in [4.69, 9.17) is 4.52 Å². The number of carbonyl (C=O) groups excluding carboxylic acids is 1. The number of amides is 1. The van der Waals surface area contributed by atoms with Gasteiger partial charge in [-0.25, -0.2) is 9.07 Å². The highest BCUT2D eigenvalue weighted by molar-refractivity contribution is 6.01. The maximum absolute atomic E-state index is 13.4. The average Bonchev–Trinajstić information content (AvgIpc) is 3.34. The van der Waals surface area contributed by atoms with Crippen LogP contribution in [0, 0.1) is 19.7 Å². The molecule has 4 aromatic rings. The Morgan fingerprint density at radius 2 is 2.04 bits per heavy atom. The van der Waals surface area contributed by atoms with Crippen molar-refractivity contribution in [3.05, 3.63) is 71.5 Å². The van der Waals surface area contributed by atoms with E-state index >= 15 is 0 Å². The molecule has 9 heteroatoms. The van der Waals surface area contributed by atoms with Crippen molar-refractivity contribution in [1.29, 1.82) is 0 Å². The maximum Gasteiger partial charge on any atom is 0.316 e. The minimum absolute atomic E-state index is 0.105. The summed E-state index contributed by atoms with van der Waals surface area (Å²) in [6.45, 7) is 3.82. The summed E-state index contributed by atoms with van der Waals surface area (Å²) < 4.78 is 19.8. The highest BCUT2D eigenvalue weighted by Gasteiger charge is 2.19. The Kier molecular flexibility index (Phi) is 4.40. The van der Waals surface area contributed by atoms with Crippen molar-refractivity contribution >= 4 is 11.6 Å². The van der Waals surface area contributed by atoms with E-state index in [1.807, 2.05) is 32.0 Å². The number of hydrogen-bond acceptors (Lipinski definition) is 6. The fourth-order valence-electron chi connectivity index (χ4n) is 2.58. The topological polar surface area (TPSA) is 98.7 Å². The van der Waals surface area contributed by atoms with Crippen molar-refractivity contribution in [3.63, 3.8) is 0 Å². The zero-order valence-electron chi connectivity index (χ0n) is 15.0. The summed E-state index contributed by atoms with van der Waals surface area (Å²) in [5.41, 5.74) is 3.38. The molecule has 1 amide bonds. The number of hydrogen-bond donors (Lipinski definition) is 1. The quantitative estimate of drug-likeness (QED) is 0.585.